The summed E-state index contributed by atoms with van der Waals surface area (Å²) >= 11 is 8.57. The summed E-state index contributed by atoms with van der Waals surface area (Å²) in [6, 6.07) is 7.22. The van der Waals surface area contributed by atoms with E-state index in [0.29, 0.717) is 21.8 Å². The second-order valence-electron chi connectivity index (χ2n) is 4.14. The number of nitrogens with zero attached hydrogens (tertiary/aromatic N) is 3. The molecule has 22 heavy (non-hydrogen) atoms. The first-order valence-corrected chi connectivity index (χ1v) is 8.45. The van der Waals surface area contributed by atoms with Crippen LogP contribution in [0.4, 0.5) is 5.82 Å². The van der Waals surface area contributed by atoms with Crippen molar-refractivity contribution in [2.75, 3.05) is 11.1 Å². The Balaban J connectivity index is 1.54. The molecule has 2 N–H and O–H groups in total. The Morgan fingerprint density at radius 3 is 3.05 bits per heavy atom. The summed E-state index contributed by atoms with van der Waals surface area (Å²) in [6.45, 7) is 0. The van der Waals surface area contributed by atoms with E-state index in [4.69, 9.17) is 11.6 Å². The van der Waals surface area contributed by atoms with Crippen LogP contribution in [0.3, 0.4) is 0 Å². The van der Waals surface area contributed by atoms with Gasteiger partial charge in [-0.3, -0.25) is 9.89 Å². The van der Waals surface area contributed by atoms with Crippen molar-refractivity contribution >= 4 is 46.4 Å². The third kappa shape index (κ3) is 3.85. The number of amides is 1. The summed E-state index contributed by atoms with van der Waals surface area (Å²) in [5.74, 6) is 1.19. The van der Waals surface area contributed by atoms with Gasteiger partial charge in [-0.05, 0) is 23.6 Å². The van der Waals surface area contributed by atoms with Crippen LogP contribution >= 0.6 is 34.7 Å². The molecule has 0 atom stereocenters. The van der Waals surface area contributed by atoms with Gasteiger partial charge >= 0.3 is 0 Å². The molecule has 0 aromatic carbocycles. The van der Waals surface area contributed by atoms with Gasteiger partial charge in [0, 0.05) is 6.20 Å². The van der Waals surface area contributed by atoms with Crippen LogP contribution in [0.1, 0.15) is 0 Å². The summed E-state index contributed by atoms with van der Waals surface area (Å²) in [4.78, 5) is 21.2. The molecule has 3 rings (SSSR count). The zero-order chi connectivity index (χ0) is 15.4. The van der Waals surface area contributed by atoms with E-state index < -0.39 is 0 Å². The Hall–Kier alpha value is -1.90. The fraction of sp³-hybridized carbons (Fsp3) is 0.0769. The monoisotopic (exact) mass is 351 g/mol. The van der Waals surface area contributed by atoms with Crippen LogP contribution in [0.25, 0.3) is 10.7 Å². The minimum atomic E-state index is -0.178. The molecule has 0 saturated carbocycles. The predicted molar refractivity (Wildman–Crippen MR) is 88.3 cm³/mol. The molecule has 0 radical (unpaired) electrons. The molecule has 3 heterocycles. The number of thioether (sulfide) groups is 1. The number of H-pyrrole nitrogens is 1. The maximum atomic E-state index is 11.8. The summed E-state index contributed by atoms with van der Waals surface area (Å²) < 4.78 is 0. The number of pyridine rings is 1. The summed E-state index contributed by atoms with van der Waals surface area (Å²) in [5.41, 5.74) is 0. The van der Waals surface area contributed by atoms with Gasteiger partial charge in [-0.1, -0.05) is 29.4 Å². The third-order valence-electron chi connectivity index (χ3n) is 2.55. The first kappa shape index (κ1) is 15.0. The normalized spacial score (nSPS) is 10.6. The van der Waals surface area contributed by atoms with Crippen molar-refractivity contribution < 1.29 is 4.79 Å². The van der Waals surface area contributed by atoms with Gasteiger partial charge in [0.1, 0.15) is 5.82 Å². The maximum absolute atomic E-state index is 11.8. The number of hydrogen-bond acceptors (Lipinski definition) is 6. The lowest BCUT2D eigenvalue weighted by atomic mass is 10.4. The molecule has 6 nitrogen and oxygen atoms in total. The van der Waals surface area contributed by atoms with Crippen molar-refractivity contribution in [3.8, 4) is 10.7 Å². The van der Waals surface area contributed by atoms with Crippen molar-refractivity contribution in [2.24, 2.45) is 0 Å². The quantitative estimate of drug-likeness (QED) is 0.689. The van der Waals surface area contributed by atoms with Gasteiger partial charge in [0.25, 0.3) is 0 Å². The number of anilines is 1. The second kappa shape index (κ2) is 6.91. The van der Waals surface area contributed by atoms with E-state index in [9.17, 15) is 4.79 Å². The number of carbonyl (C=O) groups is 1. The van der Waals surface area contributed by atoms with E-state index in [0.717, 1.165) is 4.88 Å². The number of aromatic amines is 1. The summed E-state index contributed by atoms with van der Waals surface area (Å²) in [7, 11) is 0. The molecule has 0 aliphatic heterocycles. The fourth-order valence-corrected chi connectivity index (χ4v) is 2.97. The molecule has 0 saturated heterocycles. The molecule has 0 aliphatic rings. The Bertz CT molecular complexity index is 757. The van der Waals surface area contributed by atoms with Gasteiger partial charge in [0.2, 0.25) is 11.1 Å². The van der Waals surface area contributed by atoms with Crippen molar-refractivity contribution in [1.82, 2.24) is 20.2 Å². The topological polar surface area (TPSA) is 83.6 Å². The number of rotatable bonds is 5. The highest BCUT2D eigenvalue weighted by molar-refractivity contribution is 7.99. The minimum Gasteiger partial charge on any atom is -0.310 e. The molecule has 3 aromatic rings. The second-order valence-corrected chi connectivity index (χ2v) is 6.47. The lowest BCUT2D eigenvalue weighted by molar-refractivity contribution is -0.113. The molecule has 3 aromatic heterocycles. The molecule has 0 fully saturated rings. The number of thiophene rings is 1. The predicted octanol–water partition coefficient (Wildman–Crippen LogP) is 3.31. The van der Waals surface area contributed by atoms with Crippen LogP contribution in [0.5, 0.6) is 0 Å². The van der Waals surface area contributed by atoms with Crippen molar-refractivity contribution in [3.05, 3.63) is 40.9 Å². The number of nitrogens with one attached hydrogen (secondary N) is 2. The van der Waals surface area contributed by atoms with Crippen LogP contribution in [0.15, 0.2) is 41.0 Å². The molecule has 112 valence electrons. The molecule has 0 aliphatic carbocycles. The van der Waals surface area contributed by atoms with Gasteiger partial charge < -0.3 is 5.32 Å². The lowest BCUT2D eigenvalue weighted by Crippen LogP contribution is -2.14. The molecular formula is C13H10ClN5OS2. The zero-order valence-corrected chi connectivity index (χ0v) is 13.5. The first-order chi connectivity index (χ1) is 10.7. The van der Waals surface area contributed by atoms with E-state index in [2.05, 4.69) is 25.5 Å². The van der Waals surface area contributed by atoms with Crippen LogP contribution in [-0.2, 0) is 4.79 Å². The van der Waals surface area contributed by atoms with Gasteiger partial charge in [0.15, 0.2) is 5.82 Å². The number of aromatic nitrogens is 4. The van der Waals surface area contributed by atoms with E-state index in [1.54, 1.807) is 23.5 Å². The molecule has 0 bridgehead atoms. The van der Waals surface area contributed by atoms with Crippen molar-refractivity contribution in [1.29, 1.82) is 0 Å². The van der Waals surface area contributed by atoms with Gasteiger partial charge in [-0.2, -0.15) is 0 Å². The molecule has 9 heteroatoms. The average Bonchev–Trinajstić information content (AvgIpc) is 3.18. The highest BCUT2D eigenvalue weighted by Crippen LogP contribution is 2.23. The Kier molecular flexibility index (Phi) is 4.71. The molecule has 0 spiro atoms. The minimum absolute atomic E-state index is 0.178. The highest BCUT2D eigenvalue weighted by Gasteiger charge is 2.10. The van der Waals surface area contributed by atoms with Gasteiger partial charge in [0.05, 0.1) is 15.7 Å². The average molecular weight is 352 g/mol. The van der Waals surface area contributed by atoms with E-state index in [1.165, 1.54) is 18.0 Å². The molecular weight excluding hydrogens is 342 g/mol. The Morgan fingerprint density at radius 1 is 1.41 bits per heavy atom. The Labute approximate surface area is 139 Å². The summed E-state index contributed by atoms with van der Waals surface area (Å²) in [6.07, 6.45) is 1.48. The zero-order valence-electron chi connectivity index (χ0n) is 11.1. The van der Waals surface area contributed by atoms with Crippen molar-refractivity contribution in [3.63, 3.8) is 0 Å². The van der Waals surface area contributed by atoms with E-state index >= 15 is 0 Å². The van der Waals surface area contributed by atoms with E-state index in [1.807, 2.05) is 17.5 Å². The smallest absolute Gasteiger partial charge is 0.236 e. The number of carbonyl (C=O) groups excluding carboxylic acids is 1. The first-order valence-electron chi connectivity index (χ1n) is 6.21. The third-order valence-corrected chi connectivity index (χ3v) is 4.49. The largest absolute Gasteiger partial charge is 0.310 e. The standard InChI is InChI=1S/C13H10ClN5OS2/c14-8-3-4-10(15-6-8)16-11(20)7-22-13-17-12(18-19-13)9-2-1-5-21-9/h1-6H,7H2,(H,15,16,20)(H,17,18,19). The fourth-order valence-electron chi connectivity index (χ4n) is 1.59. The van der Waals surface area contributed by atoms with Crippen LogP contribution in [0, 0.1) is 0 Å². The lowest BCUT2D eigenvalue weighted by Gasteiger charge is -2.02. The highest BCUT2D eigenvalue weighted by atomic mass is 35.5. The van der Waals surface area contributed by atoms with Crippen LogP contribution in [-0.4, -0.2) is 31.8 Å². The van der Waals surface area contributed by atoms with Crippen LogP contribution in [0.2, 0.25) is 5.02 Å². The van der Waals surface area contributed by atoms with E-state index in [-0.39, 0.29) is 11.7 Å². The number of halogens is 1. The SMILES string of the molecule is O=C(CSc1n[nH]c(-c2cccs2)n1)Nc1ccc(Cl)cn1. The summed E-state index contributed by atoms with van der Waals surface area (Å²) in [5, 5.41) is 12.6. The van der Waals surface area contributed by atoms with Crippen LogP contribution < -0.4 is 5.32 Å². The molecule has 1 amide bonds. The van der Waals surface area contributed by atoms with Crippen molar-refractivity contribution in [2.45, 2.75) is 5.16 Å². The van der Waals surface area contributed by atoms with Gasteiger partial charge in [-0.15, -0.1) is 16.4 Å². The molecule has 0 unspecified atom stereocenters. The Morgan fingerprint density at radius 2 is 2.32 bits per heavy atom. The number of hydrogen-bond donors (Lipinski definition) is 2. The maximum Gasteiger partial charge on any atom is 0.236 e. The van der Waals surface area contributed by atoms with Gasteiger partial charge in [-0.25, -0.2) is 9.97 Å².